The quantitative estimate of drug-likeness (QED) is 0.823. The Kier molecular flexibility index (Phi) is 4.00. The fraction of sp³-hybridized carbons (Fsp3) is 0.400. The number of carboxylic acids is 1. The molecule has 0 aromatic carbocycles. The van der Waals surface area contributed by atoms with Crippen LogP contribution < -0.4 is 0 Å². The van der Waals surface area contributed by atoms with Crippen LogP contribution in [0.3, 0.4) is 0 Å². The molecule has 3 heterocycles. The van der Waals surface area contributed by atoms with E-state index in [1.165, 1.54) is 24.0 Å². The molecule has 24 heavy (non-hydrogen) atoms. The highest BCUT2D eigenvalue weighted by molar-refractivity contribution is 6.04. The summed E-state index contributed by atoms with van der Waals surface area (Å²) in [6.07, 6.45) is 1.40. The lowest BCUT2D eigenvalue weighted by Gasteiger charge is -2.21. The number of aromatic nitrogens is 3. The van der Waals surface area contributed by atoms with E-state index in [0.29, 0.717) is 10.9 Å². The third-order valence-corrected chi connectivity index (χ3v) is 4.03. The summed E-state index contributed by atoms with van der Waals surface area (Å²) in [6, 6.07) is 0.438. The number of hydrogen-bond donors (Lipinski definition) is 1. The second-order valence-electron chi connectivity index (χ2n) is 5.69. The lowest BCUT2D eigenvalue weighted by molar-refractivity contribution is -0.148. The van der Waals surface area contributed by atoms with Crippen molar-refractivity contribution >= 4 is 28.6 Å². The number of carboxylic acid groups (broad SMARTS) is 1. The van der Waals surface area contributed by atoms with Gasteiger partial charge in [-0.05, 0) is 6.07 Å². The second-order valence-corrected chi connectivity index (χ2v) is 5.69. The molecule has 126 valence electrons. The van der Waals surface area contributed by atoms with E-state index in [1.807, 2.05) is 0 Å². The van der Waals surface area contributed by atoms with Crippen molar-refractivity contribution in [2.75, 3.05) is 6.54 Å². The number of halogens is 1. The van der Waals surface area contributed by atoms with Gasteiger partial charge in [-0.2, -0.15) is 5.10 Å². The minimum atomic E-state index is -1.36. The Morgan fingerprint density at radius 1 is 1.42 bits per heavy atom. The number of nitrogens with zero attached hydrogens (tertiary/aromatic N) is 4. The van der Waals surface area contributed by atoms with E-state index in [2.05, 4.69) is 10.1 Å². The molecule has 1 aliphatic rings. The van der Waals surface area contributed by atoms with E-state index in [4.69, 9.17) is 5.11 Å². The van der Waals surface area contributed by atoms with Gasteiger partial charge in [0.2, 0.25) is 5.91 Å². The zero-order chi connectivity index (χ0) is 17.4. The highest BCUT2D eigenvalue weighted by Crippen LogP contribution is 2.22. The van der Waals surface area contributed by atoms with Crippen molar-refractivity contribution in [1.29, 1.82) is 0 Å². The molecule has 0 spiro atoms. The van der Waals surface area contributed by atoms with Crippen molar-refractivity contribution in [2.24, 2.45) is 0 Å². The number of carbonyl (C=O) groups is 3. The number of carbonyl (C=O) groups excluding carboxylic acids is 2. The number of fused-ring (bicyclic) bond motifs is 1. The molecule has 8 nitrogen and oxygen atoms in total. The van der Waals surface area contributed by atoms with Crippen molar-refractivity contribution in [3.05, 3.63) is 24.2 Å². The molecule has 0 unspecified atom stereocenters. The van der Waals surface area contributed by atoms with Crippen LogP contribution in [0.1, 0.15) is 23.8 Å². The molecule has 2 aromatic heterocycles. The molecule has 1 fully saturated rings. The largest absolute Gasteiger partial charge is 0.480 e. The van der Waals surface area contributed by atoms with E-state index in [-0.39, 0.29) is 31.0 Å². The summed E-state index contributed by atoms with van der Waals surface area (Å²) >= 11 is 0. The lowest BCUT2D eigenvalue weighted by Crippen LogP contribution is -2.42. The summed E-state index contributed by atoms with van der Waals surface area (Å²) in [5.74, 6) is -2.06. The highest BCUT2D eigenvalue weighted by atomic mass is 19.1. The fourth-order valence-corrected chi connectivity index (χ4v) is 2.91. The number of alkyl halides is 1. The van der Waals surface area contributed by atoms with Gasteiger partial charge < -0.3 is 10.0 Å². The zero-order valence-corrected chi connectivity index (χ0v) is 12.8. The SMILES string of the molecule is CC(=O)c1nn(CC(=O)N2C[C@H](F)C[C@H]2C(=O)O)c2cnccc12. The van der Waals surface area contributed by atoms with Gasteiger partial charge in [0.25, 0.3) is 0 Å². The fourth-order valence-electron chi connectivity index (χ4n) is 2.91. The molecule has 0 saturated carbocycles. The van der Waals surface area contributed by atoms with Gasteiger partial charge in [0.1, 0.15) is 24.5 Å². The highest BCUT2D eigenvalue weighted by Gasteiger charge is 2.39. The Morgan fingerprint density at radius 2 is 2.17 bits per heavy atom. The Morgan fingerprint density at radius 3 is 2.83 bits per heavy atom. The van der Waals surface area contributed by atoms with Gasteiger partial charge in [-0.3, -0.25) is 19.3 Å². The van der Waals surface area contributed by atoms with Crippen LogP contribution in [0.2, 0.25) is 0 Å². The van der Waals surface area contributed by atoms with Crippen LogP contribution in [-0.2, 0) is 16.1 Å². The first-order chi connectivity index (χ1) is 11.4. The molecular weight excluding hydrogens is 319 g/mol. The summed E-state index contributed by atoms with van der Waals surface area (Å²) in [6.45, 7) is 0.821. The molecule has 2 atom stereocenters. The molecule has 1 aliphatic heterocycles. The number of aliphatic carboxylic acids is 1. The third kappa shape index (κ3) is 2.72. The predicted octanol–water partition coefficient (Wildman–Crippen LogP) is 0.657. The molecule has 0 radical (unpaired) electrons. The normalized spacial score (nSPS) is 20.5. The number of likely N-dealkylation sites (tertiary alicyclic amines) is 1. The summed E-state index contributed by atoms with van der Waals surface area (Å²) < 4.78 is 14.8. The molecule has 1 saturated heterocycles. The Hall–Kier alpha value is -2.84. The molecule has 1 N–H and O–H groups in total. The van der Waals surface area contributed by atoms with Gasteiger partial charge in [0.05, 0.1) is 18.3 Å². The second kappa shape index (κ2) is 5.99. The number of amides is 1. The smallest absolute Gasteiger partial charge is 0.326 e. The van der Waals surface area contributed by atoms with Crippen LogP contribution in [0.4, 0.5) is 4.39 Å². The number of hydrogen-bond acceptors (Lipinski definition) is 5. The molecule has 0 bridgehead atoms. The Labute approximate surface area is 135 Å². The molecule has 3 rings (SSSR count). The van der Waals surface area contributed by atoms with Crippen molar-refractivity contribution in [1.82, 2.24) is 19.7 Å². The van der Waals surface area contributed by atoms with Gasteiger partial charge >= 0.3 is 5.97 Å². The first-order valence-electron chi connectivity index (χ1n) is 7.36. The Balaban J connectivity index is 1.91. The molecule has 2 aromatic rings. The topological polar surface area (TPSA) is 105 Å². The molecular formula is C15H15FN4O4. The number of pyridine rings is 1. The summed E-state index contributed by atoms with van der Waals surface area (Å²) in [5, 5.41) is 13.8. The summed E-state index contributed by atoms with van der Waals surface area (Å²) in [5.41, 5.74) is 0.693. The monoisotopic (exact) mass is 334 g/mol. The first kappa shape index (κ1) is 16.0. The van der Waals surface area contributed by atoms with Gasteiger partial charge in [-0.15, -0.1) is 0 Å². The van der Waals surface area contributed by atoms with E-state index in [0.717, 1.165) is 4.90 Å². The van der Waals surface area contributed by atoms with E-state index in [1.54, 1.807) is 6.07 Å². The molecule has 1 amide bonds. The van der Waals surface area contributed by atoms with Gasteiger partial charge in [0, 0.05) is 24.9 Å². The van der Waals surface area contributed by atoms with Crippen molar-refractivity contribution in [3.63, 3.8) is 0 Å². The van der Waals surface area contributed by atoms with E-state index in [9.17, 15) is 18.8 Å². The predicted molar refractivity (Wildman–Crippen MR) is 80.2 cm³/mol. The van der Waals surface area contributed by atoms with Crippen LogP contribution >= 0.6 is 0 Å². The van der Waals surface area contributed by atoms with E-state index >= 15 is 0 Å². The molecule has 0 aliphatic carbocycles. The Bertz CT molecular complexity index is 834. The maximum atomic E-state index is 13.5. The van der Waals surface area contributed by atoms with Crippen LogP contribution in [0.25, 0.3) is 10.9 Å². The maximum absolute atomic E-state index is 13.5. The number of rotatable bonds is 4. The van der Waals surface area contributed by atoms with Crippen molar-refractivity contribution in [2.45, 2.75) is 32.1 Å². The minimum Gasteiger partial charge on any atom is -0.480 e. The van der Waals surface area contributed by atoms with E-state index < -0.39 is 24.1 Å². The number of Topliss-reactive ketones (excluding diaryl/α,β-unsaturated/α-hetero) is 1. The molecule has 9 heteroatoms. The third-order valence-electron chi connectivity index (χ3n) is 4.03. The average molecular weight is 334 g/mol. The van der Waals surface area contributed by atoms with Crippen LogP contribution in [-0.4, -0.2) is 61.2 Å². The lowest BCUT2D eigenvalue weighted by atomic mass is 10.2. The number of ketones is 1. The average Bonchev–Trinajstić information content (AvgIpc) is 3.09. The zero-order valence-electron chi connectivity index (χ0n) is 12.8. The van der Waals surface area contributed by atoms with Crippen molar-refractivity contribution < 1.29 is 23.9 Å². The van der Waals surface area contributed by atoms with Crippen LogP contribution in [0, 0.1) is 0 Å². The van der Waals surface area contributed by atoms with Crippen LogP contribution in [0.5, 0.6) is 0 Å². The first-order valence-corrected chi connectivity index (χ1v) is 7.36. The maximum Gasteiger partial charge on any atom is 0.326 e. The van der Waals surface area contributed by atoms with Gasteiger partial charge in [-0.1, -0.05) is 0 Å². The van der Waals surface area contributed by atoms with Gasteiger partial charge in [0.15, 0.2) is 5.78 Å². The van der Waals surface area contributed by atoms with Gasteiger partial charge in [-0.25, -0.2) is 9.18 Å². The summed E-state index contributed by atoms with van der Waals surface area (Å²) in [4.78, 5) is 40.2. The minimum absolute atomic E-state index is 0.208. The standard InChI is InChI=1S/C15H15FN4O4/c1-8(21)14-10-2-3-17-5-12(10)20(18-14)7-13(22)19-6-9(16)4-11(19)15(23)24/h2-3,5,9,11H,4,6-7H2,1H3,(H,23,24)/t9-,11+/m1/s1. The van der Waals surface area contributed by atoms with Crippen LogP contribution in [0.15, 0.2) is 18.5 Å². The summed E-state index contributed by atoms with van der Waals surface area (Å²) in [7, 11) is 0. The van der Waals surface area contributed by atoms with Crippen molar-refractivity contribution in [3.8, 4) is 0 Å².